The minimum absolute atomic E-state index is 0.00590. The highest BCUT2D eigenvalue weighted by Crippen LogP contribution is 2.38. The molecule has 0 aliphatic heterocycles. The van der Waals surface area contributed by atoms with Crippen LogP contribution in [0.15, 0.2) is 48.5 Å². The normalized spacial score (nSPS) is 18.3. The Morgan fingerprint density at radius 1 is 0.972 bits per heavy atom. The Kier molecular flexibility index (Phi) is 9.85. The fraction of sp³-hybridized carbons (Fsp3) is 0.464. The predicted molar refractivity (Wildman–Crippen MR) is 135 cm³/mol. The lowest BCUT2D eigenvalue weighted by atomic mass is 9.74. The van der Waals surface area contributed by atoms with Crippen LogP contribution in [0, 0.1) is 11.7 Å². The van der Waals surface area contributed by atoms with Crippen LogP contribution in [0.3, 0.4) is 0 Å². The maximum atomic E-state index is 13.3. The molecule has 3 amide bonds. The fourth-order valence-corrected chi connectivity index (χ4v) is 4.78. The van der Waals surface area contributed by atoms with E-state index in [0.29, 0.717) is 12.0 Å². The summed E-state index contributed by atoms with van der Waals surface area (Å²) in [6.07, 6.45) is 4.75. The SMILES string of the molecule is CCC(CC)NC(=O)OCc1ccc([C@@H]2CCCC[C@H]2C(=O)N[C@H](C(N)=O)c2ccc(F)cc2)cc1. The van der Waals surface area contributed by atoms with Crippen molar-refractivity contribution >= 4 is 17.9 Å². The third kappa shape index (κ3) is 7.29. The predicted octanol–water partition coefficient (Wildman–Crippen LogP) is 4.86. The van der Waals surface area contributed by atoms with Crippen molar-refractivity contribution in [2.75, 3.05) is 0 Å². The smallest absolute Gasteiger partial charge is 0.407 e. The highest BCUT2D eigenvalue weighted by Gasteiger charge is 2.34. The van der Waals surface area contributed by atoms with Crippen molar-refractivity contribution < 1.29 is 23.5 Å². The van der Waals surface area contributed by atoms with Crippen molar-refractivity contribution in [3.8, 4) is 0 Å². The number of hydrogen-bond acceptors (Lipinski definition) is 4. The number of nitrogens with one attached hydrogen (secondary N) is 2. The van der Waals surface area contributed by atoms with Gasteiger partial charge in [-0.25, -0.2) is 9.18 Å². The van der Waals surface area contributed by atoms with Crippen molar-refractivity contribution in [2.24, 2.45) is 11.7 Å². The van der Waals surface area contributed by atoms with E-state index in [1.54, 1.807) is 0 Å². The summed E-state index contributed by atoms with van der Waals surface area (Å²) < 4.78 is 18.6. The molecule has 0 unspecified atom stereocenters. The number of carbonyl (C=O) groups excluding carboxylic acids is 3. The van der Waals surface area contributed by atoms with E-state index in [2.05, 4.69) is 10.6 Å². The molecular weight excluding hydrogens is 461 g/mol. The molecule has 194 valence electrons. The Morgan fingerprint density at radius 3 is 2.22 bits per heavy atom. The Hall–Kier alpha value is -3.42. The first-order valence-electron chi connectivity index (χ1n) is 12.7. The van der Waals surface area contributed by atoms with Crippen LogP contribution in [-0.4, -0.2) is 23.9 Å². The Morgan fingerprint density at radius 2 is 1.61 bits per heavy atom. The average molecular weight is 498 g/mol. The molecule has 1 aliphatic rings. The van der Waals surface area contributed by atoms with Gasteiger partial charge >= 0.3 is 6.09 Å². The van der Waals surface area contributed by atoms with E-state index in [1.807, 2.05) is 38.1 Å². The zero-order chi connectivity index (χ0) is 26.1. The zero-order valence-corrected chi connectivity index (χ0v) is 21.0. The summed E-state index contributed by atoms with van der Waals surface area (Å²) in [7, 11) is 0. The van der Waals surface area contributed by atoms with Crippen molar-refractivity contribution in [3.05, 3.63) is 71.0 Å². The van der Waals surface area contributed by atoms with Crippen LogP contribution in [0.1, 0.15) is 81.0 Å². The maximum Gasteiger partial charge on any atom is 0.407 e. The number of primary amides is 1. The van der Waals surface area contributed by atoms with Crippen molar-refractivity contribution in [1.29, 1.82) is 0 Å². The van der Waals surface area contributed by atoms with Gasteiger partial charge in [-0.2, -0.15) is 0 Å². The van der Waals surface area contributed by atoms with Gasteiger partial charge in [0.05, 0.1) is 0 Å². The number of carbonyl (C=O) groups is 3. The maximum absolute atomic E-state index is 13.3. The van der Waals surface area contributed by atoms with Crippen molar-refractivity contribution in [3.63, 3.8) is 0 Å². The number of halogens is 1. The lowest BCUT2D eigenvalue weighted by Gasteiger charge is -2.32. The van der Waals surface area contributed by atoms with Crippen LogP contribution < -0.4 is 16.4 Å². The molecule has 1 saturated carbocycles. The molecule has 7 nitrogen and oxygen atoms in total. The molecule has 2 aromatic rings. The van der Waals surface area contributed by atoms with Crippen LogP contribution in [0.5, 0.6) is 0 Å². The van der Waals surface area contributed by atoms with E-state index in [1.165, 1.54) is 24.3 Å². The molecule has 1 fully saturated rings. The number of ether oxygens (including phenoxy) is 1. The summed E-state index contributed by atoms with van der Waals surface area (Å²) in [5.74, 6) is -1.68. The second-order valence-corrected chi connectivity index (χ2v) is 9.37. The third-order valence-electron chi connectivity index (χ3n) is 6.96. The molecule has 0 radical (unpaired) electrons. The first-order valence-corrected chi connectivity index (χ1v) is 12.7. The quantitative estimate of drug-likeness (QED) is 0.435. The Balaban J connectivity index is 1.65. The number of hydrogen-bond donors (Lipinski definition) is 3. The molecule has 4 N–H and O–H groups in total. The van der Waals surface area contributed by atoms with E-state index in [-0.39, 0.29) is 30.4 Å². The van der Waals surface area contributed by atoms with Gasteiger partial charge in [-0.05, 0) is 60.4 Å². The molecule has 0 saturated heterocycles. The zero-order valence-electron chi connectivity index (χ0n) is 21.0. The van der Waals surface area contributed by atoms with Crippen LogP contribution >= 0.6 is 0 Å². The summed E-state index contributed by atoms with van der Waals surface area (Å²) in [4.78, 5) is 37.3. The van der Waals surface area contributed by atoms with Crippen LogP contribution in [-0.2, 0) is 20.9 Å². The Labute approximate surface area is 212 Å². The number of amides is 3. The van der Waals surface area contributed by atoms with Crippen molar-refractivity contribution in [2.45, 2.75) is 77.0 Å². The monoisotopic (exact) mass is 497 g/mol. The third-order valence-corrected chi connectivity index (χ3v) is 6.96. The second kappa shape index (κ2) is 13.0. The summed E-state index contributed by atoms with van der Waals surface area (Å²) in [5.41, 5.74) is 7.88. The van der Waals surface area contributed by atoms with E-state index in [0.717, 1.165) is 43.2 Å². The molecule has 2 aromatic carbocycles. The molecule has 3 rings (SSSR count). The lowest BCUT2D eigenvalue weighted by Crippen LogP contribution is -2.42. The molecule has 8 heteroatoms. The van der Waals surface area contributed by atoms with Gasteiger partial charge in [-0.3, -0.25) is 9.59 Å². The standard InChI is InChI=1S/C28H36FN3O4/c1-3-22(4-2)31-28(35)36-17-18-9-11-19(12-10-18)23-7-5-6-8-24(23)27(34)32-25(26(30)33)20-13-15-21(29)16-14-20/h9-16,22-25H,3-8,17H2,1-2H3,(H2,30,33)(H,31,35)(H,32,34)/t23-,24+,25-/m0/s1. The number of nitrogens with two attached hydrogens (primary N) is 1. The van der Waals surface area contributed by atoms with Crippen molar-refractivity contribution in [1.82, 2.24) is 10.6 Å². The van der Waals surface area contributed by atoms with Crippen LogP contribution in [0.4, 0.5) is 9.18 Å². The van der Waals surface area contributed by atoms with E-state index < -0.39 is 23.9 Å². The van der Waals surface area contributed by atoms with Crippen LogP contribution in [0.25, 0.3) is 0 Å². The highest BCUT2D eigenvalue weighted by atomic mass is 19.1. The number of rotatable bonds is 10. The first-order chi connectivity index (χ1) is 17.3. The minimum Gasteiger partial charge on any atom is -0.445 e. The first kappa shape index (κ1) is 27.2. The topological polar surface area (TPSA) is 111 Å². The van der Waals surface area contributed by atoms with Gasteiger partial charge in [0.15, 0.2) is 0 Å². The molecule has 36 heavy (non-hydrogen) atoms. The second-order valence-electron chi connectivity index (χ2n) is 9.37. The average Bonchev–Trinajstić information content (AvgIpc) is 2.89. The summed E-state index contributed by atoms with van der Waals surface area (Å²) in [5, 5.41) is 5.64. The lowest BCUT2D eigenvalue weighted by molar-refractivity contribution is -0.131. The fourth-order valence-electron chi connectivity index (χ4n) is 4.78. The molecule has 1 aliphatic carbocycles. The molecule has 0 heterocycles. The number of benzene rings is 2. The van der Waals surface area contributed by atoms with E-state index >= 15 is 0 Å². The molecule has 0 spiro atoms. The molecule has 0 aromatic heterocycles. The van der Waals surface area contributed by atoms with Gasteiger partial charge in [0.25, 0.3) is 0 Å². The molecular formula is C28H36FN3O4. The summed E-state index contributed by atoms with van der Waals surface area (Å²) in [6, 6.07) is 12.2. The van der Waals surface area contributed by atoms with Gasteiger partial charge < -0.3 is 21.1 Å². The number of alkyl carbamates (subject to hydrolysis) is 1. The molecule has 3 atom stereocenters. The van der Waals surface area contributed by atoms with Gasteiger partial charge in [0, 0.05) is 12.0 Å². The largest absolute Gasteiger partial charge is 0.445 e. The minimum atomic E-state index is -1.02. The summed E-state index contributed by atoms with van der Waals surface area (Å²) in [6.45, 7) is 4.20. The van der Waals surface area contributed by atoms with E-state index in [9.17, 15) is 18.8 Å². The highest BCUT2D eigenvalue weighted by molar-refractivity contribution is 5.89. The molecule has 0 bridgehead atoms. The Bertz CT molecular complexity index is 1020. The van der Waals surface area contributed by atoms with Gasteiger partial charge in [-0.1, -0.05) is 63.1 Å². The van der Waals surface area contributed by atoms with E-state index in [4.69, 9.17) is 10.5 Å². The van der Waals surface area contributed by atoms with Gasteiger partial charge in [0.1, 0.15) is 18.5 Å². The van der Waals surface area contributed by atoms with Gasteiger partial charge in [-0.15, -0.1) is 0 Å². The summed E-state index contributed by atoms with van der Waals surface area (Å²) >= 11 is 0. The van der Waals surface area contributed by atoms with Crippen LogP contribution in [0.2, 0.25) is 0 Å². The van der Waals surface area contributed by atoms with Gasteiger partial charge in [0.2, 0.25) is 11.8 Å².